The molecule has 0 saturated heterocycles. The summed E-state index contributed by atoms with van der Waals surface area (Å²) in [7, 11) is -0.771. The largest absolute Gasteiger partial charge is 0.497 e. The first-order valence-electron chi connectivity index (χ1n) is 10.7. The van der Waals surface area contributed by atoms with Crippen molar-refractivity contribution in [3.8, 4) is 11.5 Å². The third-order valence-electron chi connectivity index (χ3n) is 5.66. The first kappa shape index (κ1) is 26.2. The number of halogens is 1. The number of rotatable bonds is 10. The van der Waals surface area contributed by atoms with Crippen LogP contribution in [0.4, 0.5) is 0 Å². The van der Waals surface area contributed by atoms with Gasteiger partial charge in [0.25, 0.3) is 0 Å². The minimum absolute atomic E-state index is 0.141. The van der Waals surface area contributed by atoms with E-state index in [1.54, 1.807) is 57.5 Å². The van der Waals surface area contributed by atoms with E-state index >= 15 is 0 Å². The number of sulfonamides is 1. The number of pyridine rings is 1. The summed E-state index contributed by atoms with van der Waals surface area (Å²) < 4.78 is 40.1. The number of hydrogen-bond donors (Lipinski definition) is 1. The van der Waals surface area contributed by atoms with E-state index < -0.39 is 21.4 Å². The molecule has 1 heterocycles. The van der Waals surface area contributed by atoms with E-state index in [1.807, 2.05) is 24.3 Å². The first-order valence-corrected chi connectivity index (χ1v) is 13.0. The van der Waals surface area contributed by atoms with Crippen LogP contribution in [0.15, 0.2) is 65.1 Å². The topological polar surface area (TPSA) is 89.0 Å². The number of ether oxygens (including phenoxy) is 2. The Morgan fingerprint density at radius 1 is 0.912 bits per heavy atom. The van der Waals surface area contributed by atoms with E-state index in [0.717, 1.165) is 15.6 Å². The molecule has 2 atom stereocenters. The molecule has 0 saturated carbocycles. The monoisotopic (exact) mass is 548 g/mol. The Morgan fingerprint density at radius 2 is 1.38 bits per heavy atom. The van der Waals surface area contributed by atoms with Crippen LogP contribution in [0.2, 0.25) is 0 Å². The average Bonchev–Trinajstić information content (AvgIpc) is 2.85. The van der Waals surface area contributed by atoms with Crippen molar-refractivity contribution < 1.29 is 23.0 Å². The lowest BCUT2D eigenvalue weighted by Crippen LogP contribution is -2.39. The predicted octanol–water partition coefficient (Wildman–Crippen LogP) is 4.62. The van der Waals surface area contributed by atoms with Gasteiger partial charge in [0.2, 0.25) is 10.0 Å². The predicted molar refractivity (Wildman–Crippen MR) is 135 cm³/mol. The van der Waals surface area contributed by atoms with E-state index in [2.05, 4.69) is 20.9 Å². The molecule has 182 valence electrons. The molecule has 0 aliphatic rings. The van der Waals surface area contributed by atoms with Gasteiger partial charge in [-0.05, 0) is 77.3 Å². The number of aromatic nitrogens is 1. The molecule has 34 heavy (non-hydrogen) atoms. The summed E-state index contributed by atoms with van der Waals surface area (Å²) in [5.41, 5.74) is 2.59. The zero-order valence-corrected chi connectivity index (χ0v) is 22.0. The zero-order valence-electron chi connectivity index (χ0n) is 19.6. The van der Waals surface area contributed by atoms with Gasteiger partial charge in [0, 0.05) is 17.6 Å². The van der Waals surface area contributed by atoms with Crippen LogP contribution in [0.1, 0.15) is 35.5 Å². The highest BCUT2D eigenvalue weighted by Crippen LogP contribution is 2.28. The third-order valence-corrected chi connectivity index (χ3v) is 8.67. The fraction of sp³-hybridized carbons (Fsp3) is 0.320. The van der Waals surface area contributed by atoms with Crippen molar-refractivity contribution in [3.05, 3.63) is 87.7 Å². The quantitative estimate of drug-likeness (QED) is 0.397. The number of aliphatic hydroxyl groups excluding tert-OH is 1. The molecular weight excluding hydrogens is 520 g/mol. The molecule has 9 heteroatoms. The lowest BCUT2D eigenvalue weighted by Gasteiger charge is -2.28. The van der Waals surface area contributed by atoms with Gasteiger partial charge in [-0.2, -0.15) is 4.31 Å². The maximum atomic E-state index is 13.7. The molecule has 0 aliphatic carbocycles. The minimum Gasteiger partial charge on any atom is -0.497 e. The number of aryl methyl sites for hydroxylation is 1. The number of methoxy groups -OCH3 is 2. The summed E-state index contributed by atoms with van der Waals surface area (Å²) in [5.74, 6) is 1.38. The second kappa shape index (κ2) is 11.3. The van der Waals surface area contributed by atoms with Gasteiger partial charge in [-0.25, -0.2) is 8.42 Å². The van der Waals surface area contributed by atoms with Crippen LogP contribution in [-0.4, -0.2) is 42.3 Å². The van der Waals surface area contributed by atoms with E-state index in [4.69, 9.17) is 9.47 Å². The van der Waals surface area contributed by atoms with Crippen molar-refractivity contribution >= 4 is 26.0 Å². The summed E-state index contributed by atoms with van der Waals surface area (Å²) in [4.78, 5) is 4.37. The smallest absolute Gasteiger partial charge is 0.220 e. The molecule has 3 rings (SSSR count). The first-order chi connectivity index (χ1) is 16.1. The Labute approximate surface area is 209 Å². The maximum Gasteiger partial charge on any atom is 0.220 e. The van der Waals surface area contributed by atoms with Crippen molar-refractivity contribution in [1.29, 1.82) is 0 Å². The van der Waals surface area contributed by atoms with Gasteiger partial charge in [0.05, 0.1) is 25.6 Å². The van der Waals surface area contributed by atoms with Crippen molar-refractivity contribution in [2.45, 2.75) is 38.3 Å². The Bertz CT molecular complexity index is 1150. The van der Waals surface area contributed by atoms with Crippen molar-refractivity contribution in [2.75, 3.05) is 14.2 Å². The second-order valence-corrected chi connectivity index (χ2v) is 11.1. The van der Waals surface area contributed by atoms with E-state index in [9.17, 15) is 13.5 Å². The van der Waals surface area contributed by atoms with E-state index in [0.29, 0.717) is 22.9 Å². The average molecular weight is 549 g/mol. The fourth-order valence-corrected chi connectivity index (χ4v) is 5.29. The minimum atomic E-state index is -3.93. The molecule has 3 aromatic rings. The van der Waals surface area contributed by atoms with Gasteiger partial charge < -0.3 is 14.6 Å². The standard InChI is InChI=1S/C25H29BrN2O5S/c1-17-23(26)13-14-24(27-17)25(29)18(2)34(30,31)28(15-19-5-9-21(32-3)10-6-19)16-20-7-11-22(33-4)12-8-20/h5-14,18,25,29H,15-16H2,1-4H3/t18-,25-/m0/s1. The molecule has 0 radical (unpaired) electrons. The Morgan fingerprint density at radius 3 is 1.79 bits per heavy atom. The van der Waals surface area contributed by atoms with E-state index in [1.165, 1.54) is 11.2 Å². The summed E-state index contributed by atoms with van der Waals surface area (Å²) in [6.45, 7) is 3.58. The number of nitrogens with zero attached hydrogens (tertiary/aromatic N) is 2. The molecule has 0 bridgehead atoms. The van der Waals surface area contributed by atoms with Gasteiger partial charge in [0.15, 0.2) is 0 Å². The molecular formula is C25H29BrN2O5S. The Balaban J connectivity index is 1.92. The highest BCUT2D eigenvalue weighted by Gasteiger charge is 2.35. The molecule has 0 aliphatic heterocycles. The number of hydrogen-bond acceptors (Lipinski definition) is 6. The SMILES string of the molecule is COc1ccc(CN(Cc2ccc(OC)cc2)S(=O)(=O)[C@@H](C)[C@H](O)c2ccc(Br)c(C)n2)cc1. The Hall–Kier alpha value is -2.46. The van der Waals surface area contributed by atoms with E-state index in [-0.39, 0.29) is 13.1 Å². The van der Waals surface area contributed by atoms with Crippen LogP contribution >= 0.6 is 15.9 Å². The second-order valence-electron chi connectivity index (χ2n) is 7.96. The van der Waals surface area contributed by atoms with Crippen molar-refractivity contribution in [3.63, 3.8) is 0 Å². The summed E-state index contributed by atoms with van der Waals surface area (Å²) in [6, 6.07) is 17.9. The third kappa shape index (κ3) is 6.15. The summed E-state index contributed by atoms with van der Waals surface area (Å²) in [6.07, 6.45) is -1.29. The van der Waals surface area contributed by atoms with Gasteiger partial charge in [-0.1, -0.05) is 24.3 Å². The van der Waals surface area contributed by atoms with Gasteiger partial charge in [-0.15, -0.1) is 0 Å². The molecule has 0 spiro atoms. The maximum absolute atomic E-state index is 13.7. The molecule has 0 fully saturated rings. The van der Waals surface area contributed by atoms with Gasteiger partial charge in [0.1, 0.15) is 22.9 Å². The Kier molecular flexibility index (Phi) is 8.70. The number of benzene rings is 2. The summed E-state index contributed by atoms with van der Waals surface area (Å²) >= 11 is 3.38. The molecule has 1 aromatic heterocycles. The normalized spacial score (nSPS) is 13.5. The zero-order chi connectivity index (χ0) is 24.9. The van der Waals surface area contributed by atoms with Gasteiger partial charge in [-0.3, -0.25) is 4.98 Å². The fourth-order valence-electron chi connectivity index (χ4n) is 3.47. The van der Waals surface area contributed by atoms with Crippen LogP contribution in [0.25, 0.3) is 0 Å². The lowest BCUT2D eigenvalue weighted by atomic mass is 10.1. The molecule has 7 nitrogen and oxygen atoms in total. The van der Waals surface area contributed by atoms with Crippen molar-refractivity contribution in [2.24, 2.45) is 0 Å². The highest BCUT2D eigenvalue weighted by atomic mass is 79.9. The lowest BCUT2D eigenvalue weighted by molar-refractivity contribution is 0.167. The molecule has 0 unspecified atom stereocenters. The molecule has 2 aromatic carbocycles. The molecule has 1 N–H and O–H groups in total. The van der Waals surface area contributed by atoms with Crippen LogP contribution in [0.3, 0.4) is 0 Å². The van der Waals surface area contributed by atoms with Gasteiger partial charge >= 0.3 is 0 Å². The number of aliphatic hydroxyl groups is 1. The van der Waals surface area contributed by atoms with Crippen molar-refractivity contribution in [1.82, 2.24) is 9.29 Å². The van der Waals surface area contributed by atoms with Crippen LogP contribution in [0, 0.1) is 6.92 Å². The molecule has 0 amide bonds. The van der Waals surface area contributed by atoms with Crippen LogP contribution < -0.4 is 9.47 Å². The van der Waals surface area contributed by atoms with Crippen LogP contribution in [0.5, 0.6) is 11.5 Å². The summed E-state index contributed by atoms with van der Waals surface area (Å²) in [5, 5.41) is 9.83. The van der Waals surface area contributed by atoms with Crippen LogP contribution in [-0.2, 0) is 23.1 Å². The highest BCUT2D eigenvalue weighted by molar-refractivity contribution is 9.10.